The molecular weight excluding hydrogens is 212 g/mol. The molecule has 0 amide bonds. The van der Waals surface area contributed by atoms with E-state index in [0.29, 0.717) is 17.2 Å². The Bertz CT molecular complexity index is 539. The van der Waals surface area contributed by atoms with Gasteiger partial charge in [-0.2, -0.15) is 5.26 Å². The van der Waals surface area contributed by atoms with Crippen LogP contribution in [0.3, 0.4) is 0 Å². The minimum absolute atomic E-state index is 0.365. The molecule has 0 fully saturated rings. The number of benzene rings is 1. The zero-order chi connectivity index (χ0) is 10.8. The van der Waals surface area contributed by atoms with Crippen LogP contribution in [-0.4, -0.2) is 12.1 Å². The van der Waals surface area contributed by atoms with E-state index >= 15 is 0 Å². The zero-order valence-electron chi connectivity index (χ0n) is 8.17. The van der Waals surface area contributed by atoms with E-state index in [1.807, 2.05) is 6.07 Å². The number of H-pyrrole nitrogens is 1. The Hall–Kier alpha value is -1.66. The third kappa shape index (κ3) is 1.64. The lowest BCUT2D eigenvalue weighted by Crippen LogP contribution is -1.84. The molecular formula is C11H9ClN2O. The number of nitrogens with zero attached hydrogens (tertiary/aromatic N) is 1. The van der Waals surface area contributed by atoms with Crippen molar-refractivity contribution in [2.75, 3.05) is 7.11 Å². The van der Waals surface area contributed by atoms with E-state index in [2.05, 4.69) is 11.1 Å². The first-order chi connectivity index (χ1) is 7.26. The third-order valence-electron chi connectivity index (χ3n) is 2.31. The number of ether oxygens (including phenoxy) is 1. The fourth-order valence-corrected chi connectivity index (χ4v) is 1.83. The highest BCUT2D eigenvalue weighted by Crippen LogP contribution is 2.30. The lowest BCUT2D eigenvalue weighted by atomic mass is 10.1. The standard InChI is InChI=1S/C11H9ClN2O/c1-15-8-4-9-7(2-3-13)6-14-11(9)10(12)5-8/h4-6,14H,2H2,1H3. The second-order valence-electron chi connectivity index (χ2n) is 3.18. The van der Waals surface area contributed by atoms with Gasteiger partial charge in [0.05, 0.1) is 30.1 Å². The normalized spacial score (nSPS) is 10.2. The number of aromatic nitrogens is 1. The van der Waals surface area contributed by atoms with Crippen LogP contribution in [0.4, 0.5) is 0 Å². The Morgan fingerprint density at radius 1 is 1.53 bits per heavy atom. The number of halogens is 1. The fourth-order valence-electron chi connectivity index (χ4n) is 1.57. The summed E-state index contributed by atoms with van der Waals surface area (Å²) in [5, 5.41) is 10.2. The Kier molecular flexibility index (Phi) is 2.53. The highest BCUT2D eigenvalue weighted by atomic mass is 35.5. The fraction of sp³-hybridized carbons (Fsp3) is 0.182. The van der Waals surface area contributed by atoms with Crippen LogP contribution >= 0.6 is 11.6 Å². The van der Waals surface area contributed by atoms with Crippen molar-refractivity contribution in [1.82, 2.24) is 4.98 Å². The van der Waals surface area contributed by atoms with E-state index in [4.69, 9.17) is 21.6 Å². The lowest BCUT2D eigenvalue weighted by Gasteiger charge is -2.02. The van der Waals surface area contributed by atoms with Gasteiger partial charge in [0.2, 0.25) is 0 Å². The lowest BCUT2D eigenvalue weighted by molar-refractivity contribution is 0.415. The van der Waals surface area contributed by atoms with Gasteiger partial charge in [-0.1, -0.05) is 11.6 Å². The Morgan fingerprint density at radius 2 is 2.33 bits per heavy atom. The van der Waals surface area contributed by atoms with Crippen LogP contribution < -0.4 is 4.74 Å². The number of aromatic amines is 1. The monoisotopic (exact) mass is 220 g/mol. The van der Waals surface area contributed by atoms with Gasteiger partial charge in [0.1, 0.15) is 5.75 Å². The first-order valence-electron chi connectivity index (χ1n) is 4.46. The zero-order valence-corrected chi connectivity index (χ0v) is 8.93. The van der Waals surface area contributed by atoms with Gasteiger partial charge < -0.3 is 9.72 Å². The quantitative estimate of drug-likeness (QED) is 0.846. The molecule has 15 heavy (non-hydrogen) atoms. The van der Waals surface area contributed by atoms with Crippen LogP contribution in [0.5, 0.6) is 5.75 Å². The second kappa shape index (κ2) is 3.84. The van der Waals surface area contributed by atoms with Gasteiger partial charge in [0.25, 0.3) is 0 Å². The van der Waals surface area contributed by atoms with Crippen molar-refractivity contribution in [3.05, 3.63) is 28.9 Å². The molecule has 1 N–H and O–H groups in total. The molecule has 2 aromatic rings. The molecule has 1 aromatic heterocycles. The Labute approximate surface area is 92.2 Å². The average Bonchev–Trinajstić information content (AvgIpc) is 2.63. The van der Waals surface area contributed by atoms with Gasteiger partial charge in [0.15, 0.2) is 0 Å². The molecule has 0 radical (unpaired) electrons. The van der Waals surface area contributed by atoms with E-state index in [-0.39, 0.29) is 0 Å². The van der Waals surface area contributed by atoms with Crippen LogP contribution in [0.25, 0.3) is 10.9 Å². The first-order valence-corrected chi connectivity index (χ1v) is 4.84. The van der Waals surface area contributed by atoms with Crippen LogP contribution in [0.1, 0.15) is 5.56 Å². The highest BCUT2D eigenvalue weighted by molar-refractivity contribution is 6.35. The molecule has 0 aliphatic heterocycles. The summed E-state index contributed by atoms with van der Waals surface area (Å²) in [5.74, 6) is 0.700. The van der Waals surface area contributed by atoms with Crippen molar-refractivity contribution >= 4 is 22.5 Å². The number of methoxy groups -OCH3 is 1. The maximum Gasteiger partial charge on any atom is 0.121 e. The van der Waals surface area contributed by atoms with E-state index in [1.165, 1.54) is 0 Å². The van der Waals surface area contributed by atoms with Crippen molar-refractivity contribution in [2.45, 2.75) is 6.42 Å². The summed E-state index contributed by atoms with van der Waals surface area (Å²) >= 11 is 6.06. The van der Waals surface area contributed by atoms with Gasteiger partial charge in [-0.05, 0) is 11.6 Å². The Balaban J connectivity index is 2.68. The molecule has 0 bridgehead atoms. The summed E-state index contributed by atoms with van der Waals surface area (Å²) in [6.45, 7) is 0. The summed E-state index contributed by atoms with van der Waals surface area (Å²) in [7, 11) is 1.59. The second-order valence-corrected chi connectivity index (χ2v) is 3.59. The van der Waals surface area contributed by atoms with Gasteiger partial charge in [0, 0.05) is 17.6 Å². The van der Waals surface area contributed by atoms with Crippen LogP contribution in [0, 0.1) is 11.3 Å². The van der Waals surface area contributed by atoms with E-state index in [0.717, 1.165) is 16.5 Å². The Morgan fingerprint density at radius 3 is 3.00 bits per heavy atom. The molecule has 1 heterocycles. The number of hydrogen-bond donors (Lipinski definition) is 1. The number of rotatable bonds is 2. The molecule has 3 nitrogen and oxygen atoms in total. The predicted octanol–water partition coefficient (Wildman–Crippen LogP) is 2.90. The maximum absolute atomic E-state index is 8.67. The molecule has 4 heteroatoms. The summed E-state index contributed by atoms with van der Waals surface area (Å²) < 4.78 is 5.12. The highest BCUT2D eigenvalue weighted by Gasteiger charge is 2.08. The number of nitriles is 1. The van der Waals surface area contributed by atoms with Crippen molar-refractivity contribution in [3.63, 3.8) is 0 Å². The minimum Gasteiger partial charge on any atom is -0.497 e. The predicted molar refractivity (Wildman–Crippen MR) is 59.2 cm³/mol. The van der Waals surface area contributed by atoms with Gasteiger partial charge in [-0.3, -0.25) is 0 Å². The van der Waals surface area contributed by atoms with Crippen LogP contribution in [0.2, 0.25) is 5.02 Å². The van der Waals surface area contributed by atoms with Gasteiger partial charge in [-0.25, -0.2) is 0 Å². The summed E-state index contributed by atoms with van der Waals surface area (Å²) in [6, 6.07) is 5.74. The third-order valence-corrected chi connectivity index (χ3v) is 2.60. The topological polar surface area (TPSA) is 48.8 Å². The number of nitrogens with one attached hydrogen (secondary N) is 1. The molecule has 0 unspecified atom stereocenters. The SMILES string of the molecule is COc1cc(Cl)c2[nH]cc(CC#N)c2c1. The molecule has 76 valence electrons. The van der Waals surface area contributed by atoms with Crippen LogP contribution in [0.15, 0.2) is 18.3 Å². The molecule has 0 aliphatic rings. The molecule has 0 saturated carbocycles. The smallest absolute Gasteiger partial charge is 0.121 e. The number of fused-ring (bicyclic) bond motifs is 1. The van der Waals surface area contributed by atoms with Crippen LogP contribution in [-0.2, 0) is 6.42 Å². The summed E-state index contributed by atoms with van der Waals surface area (Å²) in [6.07, 6.45) is 2.17. The van der Waals surface area contributed by atoms with Gasteiger partial charge in [-0.15, -0.1) is 0 Å². The largest absolute Gasteiger partial charge is 0.497 e. The molecule has 0 spiro atoms. The molecule has 2 rings (SSSR count). The molecule has 0 saturated heterocycles. The molecule has 0 atom stereocenters. The van der Waals surface area contributed by atoms with Crippen molar-refractivity contribution in [1.29, 1.82) is 5.26 Å². The van der Waals surface area contributed by atoms with Gasteiger partial charge >= 0.3 is 0 Å². The summed E-state index contributed by atoms with van der Waals surface area (Å²) in [4.78, 5) is 3.05. The molecule has 0 aliphatic carbocycles. The maximum atomic E-state index is 8.67. The van der Waals surface area contributed by atoms with Crippen molar-refractivity contribution in [2.24, 2.45) is 0 Å². The van der Waals surface area contributed by atoms with E-state index in [1.54, 1.807) is 19.4 Å². The average molecular weight is 221 g/mol. The van der Waals surface area contributed by atoms with E-state index in [9.17, 15) is 0 Å². The van der Waals surface area contributed by atoms with E-state index < -0.39 is 0 Å². The van der Waals surface area contributed by atoms with Crippen molar-refractivity contribution < 1.29 is 4.74 Å². The summed E-state index contributed by atoms with van der Waals surface area (Å²) in [5.41, 5.74) is 1.79. The molecule has 1 aromatic carbocycles. The minimum atomic E-state index is 0.365. The number of hydrogen-bond acceptors (Lipinski definition) is 2. The van der Waals surface area contributed by atoms with Crippen molar-refractivity contribution in [3.8, 4) is 11.8 Å². The first kappa shape index (κ1) is 9.88.